The van der Waals surface area contributed by atoms with Crippen LogP contribution >= 0.6 is 0 Å². The lowest BCUT2D eigenvalue weighted by Gasteiger charge is -2.01. The second-order valence-corrected chi connectivity index (χ2v) is 4.72. The molecule has 0 fully saturated rings. The van der Waals surface area contributed by atoms with Gasteiger partial charge in [0.15, 0.2) is 0 Å². The molecule has 0 saturated carbocycles. The Hall–Kier alpha value is -2.48. The van der Waals surface area contributed by atoms with Gasteiger partial charge in [0, 0.05) is 16.3 Å². The molecule has 4 rings (SSSR count). The zero-order valence-electron chi connectivity index (χ0n) is 10.6. The monoisotopic (exact) mass is 247 g/mol. The average molecular weight is 247 g/mol. The van der Waals surface area contributed by atoms with Crippen LogP contribution in [0.15, 0.2) is 54.6 Å². The number of methoxy groups -OCH3 is 1. The first-order valence-electron chi connectivity index (χ1n) is 6.34. The van der Waals surface area contributed by atoms with Gasteiger partial charge in [0.25, 0.3) is 0 Å². The van der Waals surface area contributed by atoms with Crippen LogP contribution in [0.5, 0.6) is 5.75 Å². The number of H-pyrrole nitrogens is 1. The van der Waals surface area contributed by atoms with Crippen molar-refractivity contribution in [2.24, 2.45) is 0 Å². The van der Waals surface area contributed by atoms with Crippen molar-refractivity contribution in [3.05, 3.63) is 54.6 Å². The first-order chi connectivity index (χ1) is 9.38. The maximum atomic E-state index is 5.44. The molecule has 0 radical (unpaired) electrons. The summed E-state index contributed by atoms with van der Waals surface area (Å²) in [5, 5.41) is 5.02. The highest BCUT2D eigenvalue weighted by Gasteiger charge is 2.10. The van der Waals surface area contributed by atoms with Crippen molar-refractivity contribution in [1.29, 1.82) is 0 Å². The third-order valence-corrected chi connectivity index (χ3v) is 3.70. The minimum atomic E-state index is 0.887. The van der Waals surface area contributed by atoms with Crippen molar-refractivity contribution in [3.8, 4) is 5.75 Å². The molecule has 0 spiro atoms. The van der Waals surface area contributed by atoms with Crippen LogP contribution in [0.2, 0.25) is 0 Å². The summed E-state index contributed by atoms with van der Waals surface area (Å²) < 4.78 is 5.44. The fraction of sp³-hybridized carbons (Fsp3) is 0.0588. The van der Waals surface area contributed by atoms with Crippen molar-refractivity contribution in [3.63, 3.8) is 0 Å². The van der Waals surface area contributed by atoms with Crippen molar-refractivity contribution in [2.45, 2.75) is 0 Å². The van der Waals surface area contributed by atoms with E-state index in [1.807, 2.05) is 12.1 Å². The minimum absolute atomic E-state index is 0.887. The van der Waals surface area contributed by atoms with Gasteiger partial charge in [-0.25, -0.2) is 0 Å². The molecule has 0 aliphatic heterocycles. The highest BCUT2D eigenvalue weighted by atomic mass is 16.5. The van der Waals surface area contributed by atoms with E-state index in [-0.39, 0.29) is 0 Å². The number of aromatic nitrogens is 1. The molecular formula is C17H13NO. The van der Waals surface area contributed by atoms with E-state index in [2.05, 4.69) is 47.4 Å². The topological polar surface area (TPSA) is 25.0 Å². The van der Waals surface area contributed by atoms with E-state index in [1.54, 1.807) is 7.11 Å². The number of ether oxygens (including phenoxy) is 1. The molecule has 4 aromatic rings. The van der Waals surface area contributed by atoms with Crippen LogP contribution in [0.4, 0.5) is 0 Å². The smallest absolute Gasteiger partial charge is 0.142 e. The van der Waals surface area contributed by atoms with Crippen LogP contribution in [0, 0.1) is 0 Å². The van der Waals surface area contributed by atoms with Crippen LogP contribution in [0.3, 0.4) is 0 Å². The van der Waals surface area contributed by atoms with Gasteiger partial charge in [-0.15, -0.1) is 0 Å². The molecule has 0 saturated heterocycles. The van der Waals surface area contributed by atoms with Gasteiger partial charge in [-0.05, 0) is 22.9 Å². The van der Waals surface area contributed by atoms with Gasteiger partial charge in [0.1, 0.15) is 5.75 Å². The highest BCUT2D eigenvalue weighted by molar-refractivity contribution is 6.20. The predicted molar refractivity (Wildman–Crippen MR) is 79.9 cm³/mol. The summed E-state index contributed by atoms with van der Waals surface area (Å²) in [7, 11) is 1.71. The first kappa shape index (κ1) is 10.4. The molecule has 1 aromatic heterocycles. The van der Waals surface area contributed by atoms with Crippen LogP contribution in [0.1, 0.15) is 0 Å². The number of hydrogen-bond donors (Lipinski definition) is 1. The standard InChI is InChI=1S/C17H13NO/c1-19-15-8-4-7-13-16-12-6-3-2-5-11(12)9-10-14(16)18-17(13)15/h2-10,18H,1H3. The van der Waals surface area contributed by atoms with Crippen molar-refractivity contribution < 1.29 is 4.74 Å². The Morgan fingerprint density at radius 1 is 0.842 bits per heavy atom. The largest absolute Gasteiger partial charge is 0.495 e. The summed E-state index contributed by atoms with van der Waals surface area (Å²) in [5.41, 5.74) is 2.22. The Kier molecular flexibility index (Phi) is 2.06. The lowest BCUT2D eigenvalue weighted by atomic mass is 10.0. The van der Waals surface area contributed by atoms with Gasteiger partial charge < -0.3 is 9.72 Å². The van der Waals surface area contributed by atoms with E-state index in [0.29, 0.717) is 0 Å². The molecule has 3 aromatic carbocycles. The molecule has 2 heteroatoms. The Morgan fingerprint density at radius 2 is 1.68 bits per heavy atom. The van der Waals surface area contributed by atoms with Gasteiger partial charge in [0.2, 0.25) is 0 Å². The molecule has 1 N–H and O–H groups in total. The van der Waals surface area contributed by atoms with Crippen LogP contribution in [-0.4, -0.2) is 12.1 Å². The molecule has 0 atom stereocenters. The molecule has 0 bridgehead atoms. The Labute approximate surface area is 110 Å². The summed E-state index contributed by atoms with van der Waals surface area (Å²) in [6.07, 6.45) is 0. The zero-order valence-corrected chi connectivity index (χ0v) is 10.6. The summed E-state index contributed by atoms with van der Waals surface area (Å²) in [6.45, 7) is 0. The normalized spacial score (nSPS) is 11.4. The van der Waals surface area contributed by atoms with Gasteiger partial charge in [-0.3, -0.25) is 0 Å². The molecule has 19 heavy (non-hydrogen) atoms. The summed E-state index contributed by atoms with van der Waals surface area (Å²) in [5.74, 6) is 0.887. The molecule has 0 aliphatic rings. The number of aromatic amines is 1. The summed E-state index contributed by atoms with van der Waals surface area (Å²) in [4.78, 5) is 3.46. The van der Waals surface area contributed by atoms with Crippen LogP contribution < -0.4 is 4.74 Å². The van der Waals surface area contributed by atoms with Crippen molar-refractivity contribution in [1.82, 2.24) is 4.98 Å². The maximum absolute atomic E-state index is 5.44. The van der Waals surface area contributed by atoms with E-state index in [0.717, 1.165) is 16.8 Å². The lowest BCUT2D eigenvalue weighted by Crippen LogP contribution is -1.82. The van der Waals surface area contributed by atoms with E-state index < -0.39 is 0 Å². The van der Waals surface area contributed by atoms with E-state index in [1.165, 1.54) is 21.5 Å². The molecule has 92 valence electrons. The second-order valence-electron chi connectivity index (χ2n) is 4.72. The average Bonchev–Trinajstić information content (AvgIpc) is 2.86. The quantitative estimate of drug-likeness (QED) is 0.527. The Bertz CT molecular complexity index is 905. The molecular weight excluding hydrogens is 234 g/mol. The number of para-hydroxylation sites is 1. The fourth-order valence-corrected chi connectivity index (χ4v) is 2.84. The van der Waals surface area contributed by atoms with E-state index >= 15 is 0 Å². The summed E-state index contributed by atoms with van der Waals surface area (Å²) in [6, 6.07) is 18.9. The number of nitrogens with one attached hydrogen (secondary N) is 1. The minimum Gasteiger partial charge on any atom is -0.495 e. The van der Waals surface area contributed by atoms with Crippen molar-refractivity contribution >= 4 is 32.6 Å². The molecule has 2 nitrogen and oxygen atoms in total. The van der Waals surface area contributed by atoms with Gasteiger partial charge in [-0.2, -0.15) is 0 Å². The van der Waals surface area contributed by atoms with Gasteiger partial charge >= 0.3 is 0 Å². The third-order valence-electron chi connectivity index (χ3n) is 3.70. The molecule has 1 heterocycles. The lowest BCUT2D eigenvalue weighted by molar-refractivity contribution is 0.419. The molecule has 0 amide bonds. The Balaban J connectivity index is 2.30. The van der Waals surface area contributed by atoms with Crippen molar-refractivity contribution in [2.75, 3.05) is 7.11 Å². The third kappa shape index (κ3) is 1.37. The highest BCUT2D eigenvalue weighted by Crippen LogP contribution is 2.35. The number of rotatable bonds is 1. The first-order valence-corrected chi connectivity index (χ1v) is 6.34. The predicted octanol–water partition coefficient (Wildman–Crippen LogP) is 4.48. The zero-order chi connectivity index (χ0) is 12.8. The molecule has 0 unspecified atom stereocenters. The van der Waals surface area contributed by atoms with Crippen LogP contribution in [0.25, 0.3) is 32.6 Å². The molecule has 0 aliphatic carbocycles. The van der Waals surface area contributed by atoms with Crippen LogP contribution in [-0.2, 0) is 0 Å². The van der Waals surface area contributed by atoms with Gasteiger partial charge in [0.05, 0.1) is 12.6 Å². The summed E-state index contributed by atoms with van der Waals surface area (Å²) >= 11 is 0. The number of hydrogen-bond acceptors (Lipinski definition) is 1. The SMILES string of the molecule is COc1cccc2c1[nH]c1ccc3ccccc3c12. The van der Waals surface area contributed by atoms with Gasteiger partial charge in [-0.1, -0.05) is 42.5 Å². The fourth-order valence-electron chi connectivity index (χ4n) is 2.84. The number of benzene rings is 3. The van der Waals surface area contributed by atoms with E-state index in [4.69, 9.17) is 4.74 Å². The second kappa shape index (κ2) is 3.75. The van der Waals surface area contributed by atoms with E-state index in [9.17, 15) is 0 Å². The Morgan fingerprint density at radius 3 is 2.58 bits per heavy atom. The number of fused-ring (bicyclic) bond motifs is 5. The maximum Gasteiger partial charge on any atom is 0.142 e.